The molecule has 16 heavy (non-hydrogen) atoms. The van der Waals surface area contributed by atoms with Crippen LogP contribution in [0.5, 0.6) is 0 Å². The molecule has 1 heterocycles. The minimum Gasteiger partial charge on any atom is -0.383 e. The van der Waals surface area contributed by atoms with Gasteiger partial charge in [-0.05, 0) is 35.7 Å². The normalized spacial score (nSPS) is 13.8. The van der Waals surface area contributed by atoms with E-state index in [0.717, 1.165) is 0 Å². The Morgan fingerprint density at radius 1 is 1.62 bits per heavy atom. The van der Waals surface area contributed by atoms with Crippen LogP contribution >= 0.6 is 11.3 Å². The summed E-state index contributed by atoms with van der Waals surface area (Å²) in [5.74, 6) is 0.468. The maximum atomic E-state index is 5.76. The number of nitrogens with one attached hydrogen (secondary N) is 1. The van der Waals surface area contributed by atoms with Crippen LogP contribution in [0, 0.1) is 6.92 Å². The van der Waals surface area contributed by atoms with Crippen LogP contribution in [-0.4, -0.2) is 25.7 Å². The van der Waals surface area contributed by atoms with Crippen molar-refractivity contribution >= 4 is 17.3 Å². The molecule has 0 aliphatic carbocycles. The Morgan fingerprint density at radius 3 is 2.94 bits per heavy atom. The molecular weight excluding hydrogens is 222 g/mol. The van der Waals surface area contributed by atoms with E-state index in [-0.39, 0.29) is 6.04 Å². The SMILES string of the molecule is COCC(C)NC(N)=NCc1cscc1C. The molecule has 0 spiro atoms. The number of aryl methyl sites for hydroxylation is 1. The van der Waals surface area contributed by atoms with Gasteiger partial charge >= 0.3 is 0 Å². The Morgan fingerprint density at radius 2 is 2.38 bits per heavy atom. The molecule has 0 saturated carbocycles. The zero-order chi connectivity index (χ0) is 12.0. The van der Waals surface area contributed by atoms with Crippen molar-refractivity contribution in [1.82, 2.24) is 5.32 Å². The molecular formula is C11H19N3OS. The number of guanidine groups is 1. The first kappa shape index (κ1) is 13.0. The van der Waals surface area contributed by atoms with E-state index in [1.807, 2.05) is 6.92 Å². The fourth-order valence-corrected chi connectivity index (χ4v) is 2.16. The zero-order valence-corrected chi connectivity index (χ0v) is 10.8. The predicted molar refractivity (Wildman–Crippen MR) is 68.9 cm³/mol. The van der Waals surface area contributed by atoms with Gasteiger partial charge in [0.1, 0.15) is 0 Å². The van der Waals surface area contributed by atoms with E-state index in [4.69, 9.17) is 10.5 Å². The van der Waals surface area contributed by atoms with Crippen LogP contribution in [0.15, 0.2) is 15.8 Å². The molecule has 1 atom stereocenters. The molecule has 0 aliphatic heterocycles. The molecule has 5 heteroatoms. The molecule has 0 fully saturated rings. The van der Waals surface area contributed by atoms with Crippen molar-refractivity contribution < 1.29 is 4.74 Å². The highest BCUT2D eigenvalue weighted by Gasteiger charge is 2.02. The van der Waals surface area contributed by atoms with Gasteiger partial charge < -0.3 is 15.8 Å². The van der Waals surface area contributed by atoms with Gasteiger partial charge in [0, 0.05) is 13.2 Å². The fraction of sp³-hybridized carbons (Fsp3) is 0.545. The average Bonchev–Trinajstić information content (AvgIpc) is 2.61. The van der Waals surface area contributed by atoms with Crippen molar-refractivity contribution in [2.24, 2.45) is 10.7 Å². The van der Waals surface area contributed by atoms with Crippen molar-refractivity contribution in [3.05, 3.63) is 21.9 Å². The maximum Gasteiger partial charge on any atom is 0.189 e. The summed E-state index contributed by atoms with van der Waals surface area (Å²) in [6, 6.07) is 0.178. The van der Waals surface area contributed by atoms with Crippen LogP contribution in [0.25, 0.3) is 0 Å². The van der Waals surface area contributed by atoms with Crippen molar-refractivity contribution in [1.29, 1.82) is 0 Å². The van der Waals surface area contributed by atoms with Gasteiger partial charge in [-0.2, -0.15) is 11.3 Å². The molecule has 1 rings (SSSR count). The molecule has 1 aromatic heterocycles. The van der Waals surface area contributed by atoms with E-state index < -0.39 is 0 Å². The van der Waals surface area contributed by atoms with Gasteiger partial charge in [0.05, 0.1) is 13.2 Å². The molecule has 0 aromatic carbocycles. The van der Waals surface area contributed by atoms with Crippen molar-refractivity contribution in [3.63, 3.8) is 0 Å². The molecule has 0 aliphatic rings. The van der Waals surface area contributed by atoms with E-state index in [1.54, 1.807) is 18.4 Å². The first-order chi connectivity index (χ1) is 7.63. The lowest BCUT2D eigenvalue weighted by molar-refractivity contribution is 0.179. The number of hydrogen-bond acceptors (Lipinski definition) is 3. The number of nitrogens with two attached hydrogens (primary N) is 1. The molecule has 0 radical (unpaired) electrons. The molecule has 1 aromatic rings. The van der Waals surface area contributed by atoms with Gasteiger partial charge in [0.25, 0.3) is 0 Å². The summed E-state index contributed by atoms with van der Waals surface area (Å²) in [6.07, 6.45) is 0. The Bertz CT molecular complexity index is 349. The van der Waals surface area contributed by atoms with Crippen molar-refractivity contribution in [2.45, 2.75) is 26.4 Å². The van der Waals surface area contributed by atoms with E-state index in [2.05, 4.69) is 28.0 Å². The highest BCUT2D eigenvalue weighted by atomic mass is 32.1. The third kappa shape index (κ3) is 4.20. The minimum absolute atomic E-state index is 0.178. The van der Waals surface area contributed by atoms with Crippen LogP contribution in [0.4, 0.5) is 0 Å². The third-order valence-corrected chi connectivity index (χ3v) is 3.10. The quantitative estimate of drug-likeness (QED) is 0.606. The van der Waals surface area contributed by atoms with Crippen LogP contribution in [-0.2, 0) is 11.3 Å². The molecule has 0 bridgehead atoms. The highest BCUT2D eigenvalue weighted by Crippen LogP contribution is 2.14. The predicted octanol–water partition coefficient (Wildman–Crippen LogP) is 1.50. The standard InChI is InChI=1S/C11H19N3OS/c1-8-6-16-7-10(8)4-13-11(12)14-9(2)5-15-3/h6-7,9H,4-5H2,1-3H3,(H3,12,13,14). The van der Waals surface area contributed by atoms with E-state index >= 15 is 0 Å². The summed E-state index contributed by atoms with van der Waals surface area (Å²) >= 11 is 1.69. The Hall–Kier alpha value is -1.07. The number of nitrogens with zero attached hydrogens (tertiary/aromatic N) is 1. The zero-order valence-electron chi connectivity index (χ0n) is 9.99. The second-order valence-electron chi connectivity index (χ2n) is 3.78. The van der Waals surface area contributed by atoms with Crippen LogP contribution in [0.2, 0.25) is 0 Å². The summed E-state index contributed by atoms with van der Waals surface area (Å²) in [5, 5.41) is 7.28. The fourth-order valence-electron chi connectivity index (χ4n) is 1.31. The number of hydrogen-bond donors (Lipinski definition) is 2. The Labute approximate surface area is 101 Å². The largest absolute Gasteiger partial charge is 0.383 e. The number of ether oxygens (including phenoxy) is 1. The van der Waals surface area contributed by atoms with Gasteiger partial charge in [-0.3, -0.25) is 0 Å². The van der Waals surface area contributed by atoms with E-state index in [0.29, 0.717) is 19.1 Å². The van der Waals surface area contributed by atoms with Gasteiger partial charge in [0.15, 0.2) is 5.96 Å². The molecule has 0 saturated heterocycles. The smallest absolute Gasteiger partial charge is 0.189 e. The van der Waals surface area contributed by atoms with Crippen LogP contribution in [0.3, 0.4) is 0 Å². The first-order valence-corrected chi connectivity index (χ1v) is 6.14. The first-order valence-electron chi connectivity index (χ1n) is 5.20. The van der Waals surface area contributed by atoms with Gasteiger partial charge in [0.2, 0.25) is 0 Å². The molecule has 90 valence electrons. The van der Waals surface area contributed by atoms with Gasteiger partial charge in [-0.25, -0.2) is 4.99 Å². The second-order valence-corrected chi connectivity index (χ2v) is 4.53. The molecule has 1 unspecified atom stereocenters. The number of aliphatic imine (C=N–C) groups is 1. The van der Waals surface area contributed by atoms with Gasteiger partial charge in [-0.15, -0.1) is 0 Å². The Balaban J connectivity index is 2.42. The number of thiophene rings is 1. The second kappa shape index (κ2) is 6.50. The monoisotopic (exact) mass is 241 g/mol. The lowest BCUT2D eigenvalue weighted by atomic mass is 10.2. The summed E-state index contributed by atoms with van der Waals surface area (Å²) in [7, 11) is 1.67. The van der Waals surface area contributed by atoms with Crippen LogP contribution < -0.4 is 11.1 Å². The molecule has 3 N–H and O–H groups in total. The molecule has 0 amide bonds. The topological polar surface area (TPSA) is 59.6 Å². The van der Waals surface area contributed by atoms with Crippen molar-refractivity contribution in [2.75, 3.05) is 13.7 Å². The highest BCUT2D eigenvalue weighted by molar-refractivity contribution is 7.08. The maximum absolute atomic E-state index is 5.76. The Kier molecular flexibility index (Phi) is 5.28. The minimum atomic E-state index is 0.178. The number of methoxy groups -OCH3 is 1. The summed E-state index contributed by atoms with van der Waals surface area (Å²) < 4.78 is 5.00. The number of rotatable bonds is 5. The van der Waals surface area contributed by atoms with Crippen molar-refractivity contribution in [3.8, 4) is 0 Å². The third-order valence-electron chi connectivity index (χ3n) is 2.19. The summed E-state index contributed by atoms with van der Waals surface area (Å²) in [4.78, 5) is 4.28. The average molecular weight is 241 g/mol. The van der Waals surface area contributed by atoms with Crippen LogP contribution in [0.1, 0.15) is 18.1 Å². The summed E-state index contributed by atoms with van der Waals surface area (Å²) in [6.45, 7) is 5.34. The van der Waals surface area contributed by atoms with E-state index in [9.17, 15) is 0 Å². The summed E-state index contributed by atoms with van der Waals surface area (Å²) in [5.41, 5.74) is 8.26. The van der Waals surface area contributed by atoms with Gasteiger partial charge in [-0.1, -0.05) is 0 Å². The van der Waals surface area contributed by atoms with E-state index in [1.165, 1.54) is 11.1 Å². The lowest BCUT2D eigenvalue weighted by Crippen LogP contribution is -2.40. The lowest BCUT2D eigenvalue weighted by Gasteiger charge is -2.12. The molecule has 4 nitrogen and oxygen atoms in total.